The van der Waals surface area contributed by atoms with Crippen molar-refractivity contribution in [2.75, 3.05) is 36.8 Å². The van der Waals surface area contributed by atoms with Gasteiger partial charge in [-0.15, -0.1) is 0 Å². The van der Waals surface area contributed by atoms with Crippen LogP contribution in [0, 0.1) is 0 Å². The Kier molecular flexibility index (Phi) is 8.17. The van der Waals surface area contributed by atoms with Gasteiger partial charge in [-0.2, -0.15) is 5.10 Å². The van der Waals surface area contributed by atoms with Crippen LogP contribution in [0.5, 0.6) is 0 Å². The maximum absolute atomic E-state index is 12.4. The molecule has 5 rings (SSSR count). The van der Waals surface area contributed by atoms with Crippen molar-refractivity contribution in [1.29, 1.82) is 0 Å². The molecule has 0 atom stereocenters. The van der Waals surface area contributed by atoms with E-state index < -0.39 is 0 Å². The van der Waals surface area contributed by atoms with Crippen LogP contribution in [0.4, 0.5) is 22.1 Å². The number of nitrogens with zero attached hydrogens (tertiary/aromatic N) is 6. The van der Waals surface area contributed by atoms with Crippen LogP contribution in [0.2, 0.25) is 0 Å². The molecule has 9 heteroatoms. The van der Waals surface area contributed by atoms with Crippen LogP contribution >= 0.6 is 0 Å². The Morgan fingerprint density at radius 3 is 2.51 bits per heavy atom. The number of benzene rings is 2. The minimum absolute atomic E-state index is 0.103. The van der Waals surface area contributed by atoms with Gasteiger partial charge in [-0.1, -0.05) is 24.3 Å². The molecule has 2 amide bonds. The molecule has 4 aromatic rings. The summed E-state index contributed by atoms with van der Waals surface area (Å²) in [7, 11) is 1.90. The lowest BCUT2D eigenvalue weighted by Gasteiger charge is -2.19. The predicted molar refractivity (Wildman–Crippen MR) is 156 cm³/mol. The largest absolute Gasteiger partial charge is 0.325 e. The second-order valence-electron chi connectivity index (χ2n) is 9.82. The lowest BCUT2D eigenvalue weighted by molar-refractivity contribution is 0.217. The summed E-state index contributed by atoms with van der Waals surface area (Å²) in [6.45, 7) is 8.57. The molecule has 39 heavy (non-hydrogen) atoms. The molecule has 2 N–H and O–H groups in total. The van der Waals surface area contributed by atoms with Crippen LogP contribution in [0.25, 0.3) is 22.5 Å². The highest BCUT2D eigenvalue weighted by molar-refractivity contribution is 5.90. The van der Waals surface area contributed by atoms with Crippen molar-refractivity contribution in [3.05, 3.63) is 72.6 Å². The van der Waals surface area contributed by atoms with Gasteiger partial charge in [0.2, 0.25) is 5.95 Å². The molecule has 202 valence electrons. The minimum atomic E-state index is -0.103. The second-order valence-corrected chi connectivity index (χ2v) is 9.82. The topological polar surface area (TPSA) is 91.2 Å². The average Bonchev–Trinajstić information content (AvgIpc) is 3.60. The second kappa shape index (κ2) is 12.1. The summed E-state index contributed by atoms with van der Waals surface area (Å²) < 4.78 is 1.79. The number of rotatable bonds is 9. The summed E-state index contributed by atoms with van der Waals surface area (Å²) in [6.07, 6.45) is 6.30. The van der Waals surface area contributed by atoms with E-state index in [9.17, 15) is 4.79 Å². The molecule has 1 saturated heterocycles. The Balaban J connectivity index is 1.33. The van der Waals surface area contributed by atoms with E-state index in [4.69, 9.17) is 10.1 Å². The molecular formula is C30H36N8O. The van der Waals surface area contributed by atoms with Crippen molar-refractivity contribution >= 4 is 23.4 Å². The van der Waals surface area contributed by atoms with Gasteiger partial charge in [0, 0.05) is 61.6 Å². The van der Waals surface area contributed by atoms with Crippen molar-refractivity contribution < 1.29 is 4.79 Å². The quantitative estimate of drug-likeness (QED) is 0.289. The first-order chi connectivity index (χ1) is 19.0. The van der Waals surface area contributed by atoms with Gasteiger partial charge < -0.3 is 15.5 Å². The number of hydrogen-bond acceptors (Lipinski definition) is 6. The summed E-state index contributed by atoms with van der Waals surface area (Å²) >= 11 is 0. The van der Waals surface area contributed by atoms with E-state index in [-0.39, 0.29) is 6.03 Å². The zero-order valence-electron chi connectivity index (χ0n) is 22.9. The molecule has 0 saturated carbocycles. The lowest BCUT2D eigenvalue weighted by Crippen LogP contribution is -2.34. The monoisotopic (exact) mass is 524 g/mol. The molecule has 2 aromatic heterocycles. The highest BCUT2D eigenvalue weighted by Crippen LogP contribution is 2.31. The third-order valence-corrected chi connectivity index (χ3v) is 7.01. The van der Waals surface area contributed by atoms with Crippen molar-refractivity contribution in [3.8, 4) is 22.5 Å². The van der Waals surface area contributed by atoms with Gasteiger partial charge >= 0.3 is 6.03 Å². The molecule has 0 unspecified atom stereocenters. The van der Waals surface area contributed by atoms with Gasteiger partial charge in [-0.3, -0.25) is 9.58 Å². The summed E-state index contributed by atoms with van der Waals surface area (Å²) in [6, 6.07) is 18.0. The van der Waals surface area contributed by atoms with Crippen LogP contribution in [-0.2, 0) is 13.6 Å². The summed E-state index contributed by atoms with van der Waals surface area (Å²) in [5.41, 5.74) is 6.44. The highest BCUT2D eigenvalue weighted by atomic mass is 16.2. The number of urea groups is 1. The highest BCUT2D eigenvalue weighted by Gasteiger charge is 2.16. The van der Waals surface area contributed by atoms with Crippen molar-refractivity contribution in [1.82, 2.24) is 29.5 Å². The third kappa shape index (κ3) is 6.43. The SMILES string of the molecule is CCN(CC)C(=O)Nc1ccc(-c2nn(C)cc2-c2ccnc(Nc3cccc(CN4CCCC4)c3)n2)cc1. The lowest BCUT2D eigenvalue weighted by atomic mass is 10.1. The van der Waals surface area contributed by atoms with Crippen LogP contribution in [0.3, 0.4) is 0 Å². The van der Waals surface area contributed by atoms with Crippen LogP contribution in [0.15, 0.2) is 67.0 Å². The number of amides is 2. The number of carbonyl (C=O) groups excluding carboxylic acids is 1. The fourth-order valence-corrected chi connectivity index (χ4v) is 4.96. The zero-order chi connectivity index (χ0) is 27.2. The molecule has 9 nitrogen and oxygen atoms in total. The maximum Gasteiger partial charge on any atom is 0.321 e. The van der Waals surface area contributed by atoms with Gasteiger partial charge in [0.1, 0.15) is 5.69 Å². The molecule has 1 aliphatic rings. The van der Waals surface area contributed by atoms with Gasteiger partial charge in [0.05, 0.1) is 5.69 Å². The number of carbonyl (C=O) groups is 1. The maximum atomic E-state index is 12.4. The molecule has 0 bridgehead atoms. The smallest absolute Gasteiger partial charge is 0.321 e. The van der Waals surface area contributed by atoms with Gasteiger partial charge in [-0.05, 0) is 75.7 Å². The van der Waals surface area contributed by atoms with Gasteiger partial charge in [-0.25, -0.2) is 14.8 Å². The van der Waals surface area contributed by atoms with E-state index in [2.05, 4.69) is 38.7 Å². The van der Waals surface area contributed by atoms with Crippen molar-refractivity contribution in [2.45, 2.75) is 33.2 Å². The molecule has 0 radical (unpaired) electrons. The van der Waals surface area contributed by atoms with E-state index in [1.807, 2.05) is 63.5 Å². The Morgan fingerprint density at radius 2 is 1.77 bits per heavy atom. The van der Waals surface area contributed by atoms with Crippen LogP contribution < -0.4 is 10.6 Å². The number of likely N-dealkylation sites (tertiary alicyclic amines) is 1. The Morgan fingerprint density at radius 1 is 1.00 bits per heavy atom. The fraction of sp³-hybridized carbons (Fsp3) is 0.333. The van der Waals surface area contributed by atoms with Gasteiger partial charge in [0.15, 0.2) is 0 Å². The molecule has 2 aromatic carbocycles. The molecular weight excluding hydrogens is 488 g/mol. The summed E-state index contributed by atoms with van der Waals surface area (Å²) in [5.74, 6) is 0.537. The van der Waals surface area contributed by atoms with E-state index >= 15 is 0 Å². The van der Waals surface area contributed by atoms with Crippen LogP contribution in [0.1, 0.15) is 32.3 Å². The molecule has 0 aliphatic carbocycles. The number of nitrogens with one attached hydrogen (secondary N) is 2. The van der Waals surface area contributed by atoms with Gasteiger partial charge in [0.25, 0.3) is 0 Å². The van der Waals surface area contributed by atoms with Crippen molar-refractivity contribution in [3.63, 3.8) is 0 Å². The molecule has 1 aliphatic heterocycles. The Labute approximate surface area is 229 Å². The number of aryl methyl sites for hydroxylation is 1. The third-order valence-electron chi connectivity index (χ3n) is 7.01. The normalized spacial score (nSPS) is 13.4. The van der Waals surface area contributed by atoms with Crippen molar-refractivity contribution in [2.24, 2.45) is 7.05 Å². The standard InChI is InChI=1S/C30H36N8O/c1-4-38(5-2)30(39)33-24-13-11-23(12-14-24)28-26(21-36(3)35-28)27-15-16-31-29(34-27)32-25-10-8-9-22(19-25)20-37-17-6-7-18-37/h8-16,19,21H,4-7,17-18,20H2,1-3H3,(H,33,39)(H,31,32,34). The zero-order valence-corrected chi connectivity index (χ0v) is 22.9. The minimum Gasteiger partial charge on any atom is -0.325 e. The Hall–Kier alpha value is -4.24. The first-order valence-corrected chi connectivity index (χ1v) is 13.6. The van der Waals surface area contributed by atoms with E-state index in [1.165, 1.54) is 31.5 Å². The number of anilines is 3. The molecule has 0 spiro atoms. The van der Waals surface area contributed by atoms with E-state index in [0.29, 0.717) is 19.0 Å². The summed E-state index contributed by atoms with van der Waals surface area (Å²) in [4.78, 5) is 25.9. The predicted octanol–water partition coefficient (Wildman–Crippen LogP) is 5.76. The first-order valence-electron chi connectivity index (χ1n) is 13.6. The van der Waals surface area contributed by atoms with E-state index in [1.54, 1.807) is 15.8 Å². The molecule has 1 fully saturated rings. The van der Waals surface area contributed by atoms with E-state index in [0.717, 1.165) is 40.4 Å². The number of aromatic nitrogens is 4. The van der Waals surface area contributed by atoms with Crippen LogP contribution in [-0.4, -0.2) is 61.8 Å². The Bertz CT molecular complexity index is 1400. The first kappa shape index (κ1) is 26.4. The fourth-order valence-electron chi connectivity index (χ4n) is 4.96. The summed E-state index contributed by atoms with van der Waals surface area (Å²) in [5, 5.41) is 11.0. The molecule has 3 heterocycles. The average molecular weight is 525 g/mol. The number of hydrogen-bond donors (Lipinski definition) is 2.